The summed E-state index contributed by atoms with van der Waals surface area (Å²) >= 11 is 16.0. The van der Waals surface area contributed by atoms with Gasteiger partial charge in [-0.25, -0.2) is 0 Å². The second-order valence-corrected chi connectivity index (χ2v) is 6.36. The number of hydrogen-bond acceptors (Lipinski definition) is 1. The van der Waals surface area contributed by atoms with Gasteiger partial charge >= 0.3 is 0 Å². The van der Waals surface area contributed by atoms with Crippen LogP contribution in [0.5, 0.6) is 0 Å². The van der Waals surface area contributed by atoms with Crippen molar-refractivity contribution in [2.24, 2.45) is 0 Å². The van der Waals surface area contributed by atoms with E-state index in [1.807, 2.05) is 37.3 Å². The normalized spacial score (nSPS) is 12.4. The molecule has 0 bridgehead atoms. The lowest BCUT2D eigenvalue weighted by atomic mass is 9.97. The SMILES string of the molecule is CCNC(c1ccc(C)c(Cl)c1)c1cc(Cl)ccc1Br. The van der Waals surface area contributed by atoms with Gasteiger partial charge in [-0.2, -0.15) is 0 Å². The average molecular weight is 373 g/mol. The molecule has 20 heavy (non-hydrogen) atoms. The molecular formula is C16H16BrCl2N. The molecule has 1 unspecified atom stereocenters. The van der Waals surface area contributed by atoms with Crippen LogP contribution in [-0.4, -0.2) is 6.54 Å². The lowest BCUT2D eigenvalue weighted by Gasteiger charge is -2.21. The van der Waals surface area contributed by atoms with Crippen molar-refractivity contribution in [2.45, 2.75) is 19.9 Å². The van der Waals surface area contributed by atoms with E-state index in [4.69, 9.17) is 23.2 Å². The maximum absolute atomic E-state index is 6.25. The van der Waals surface area contributed by atoms with Crippen molar-refractivity contribution in [3.8, 4) is 0 Å². The highest BCUT2D eigenvalue weighted by Gasteiger charge is 2.17. The molecule has 0 radical (unpaired) electrons. The largest absolute Gasteiger partial charge is 0.306 e. The van der Waals surface area contributed by atoms with Crippen LogP contribution >= 0.6 is 39.1 Å². The van der Waals surface area contributed by atoms with E-state index >= 15 is 0 Å². The van der Waals surface area contributed by atoms with Crippen molar-refractivity contribution in [1.82, 2.24) is 5.32 Å². The van der Waals surface area contributed by atoms with Crippen LogP contribution in [0.4, 0.5) is 0 Å². The van der Waals surface area contributed by atoms with Crippen LogP contribution in [0.1, 0.15) is 29.7 Å². The molecule has 2 aromatic rings. The predicted molar refractivity (Wildman–Crippen MR) is 90.9 cm³/mol. The third kappa shape index (κ3) is 3.56. The Balaban J connectivity index is 2.49. The van der Waals surface area contributed by atoms with E-state index in [1.54, 1.807) is 0 Å². The van der Waals surface area contributed by atoms with Crippen LogP contribution in [0.2, 0.25) is 10.0 Å². The van der Waals surface area contributed by atoms with Gasteiger partial charge in [0.1, 0.15) is 0 Å². The van der Waals surface area contributed by atoms with Crippen LogP contribution in [0.3, 0.4) is 0 Å². The third-order valence-corrected chi connectivity index (χ3v) is 4.57. The molecule has 0 spiro atoms. The summed E-state index contributed by atoms with van der Waals surface area (Å²) in [4.78, 5) is 0. The van der Waals surface area contributed by atoms with Gasteiger partial charge in [-0.1, -0.05) is 58.2 Å². The third-order valence-electron chi connectivity index (χ3n) is 3.21. The van der Waals surface area contributed by atoms with Crippen LogP contribution in [-0.2, 0) is 0 Å². The molecule has 0 amide bonds. The van der Waals surface area contributed by atoms with E-state index in [1.165, 1.54) is 0 Å². The van der Waals surface area contributed by atoms with Gasteiger partial charge in [0.25, 0.3) is 0 Å². The summed E-state index contributed by atoms with van der Waals surface area (Å²) < 4.78 is 1.03. The molecule has 0 saturated carbocycles. The number of rotatable bonds is 4. The molecule has 0 heterocycles. The zero-order chi connectivity index (χ0) is 14.7. The maximum atomic E-state index is 6.25. The molecule has 4 heteroatoms. The summed E-state index contributed by atoms with van der Waals surface area (Å²) in [5.41, 5.74) is 3.32. The minimum absolute atomic E-state index is 0.0613. The van der Waals surface area contributed by atoms with Gasteiger partial charge < -0.3 is 5.32 Å². The van der Waals surface area contributed by atoms with Crippen LogP contribution in [0.15, 0.2) is 40.9 Å². The molecule has 1 nitrogen and oxygen atoms in total. The van der Waals surface area contributed by atoms with E-state index < -0.39 is 0 Å². The van der Waals surface area contributed by atoms with Crippen LogP contribution < -0.4 is 5.32 Å². The van der Waals surface area contributed by atoms with Crippen molar-refractivity contribution in [3.05, 3.63) is 67.6 Å². The Kier molecular flexibility index (Phi) is 5.50. The first-order chi connectivity index (χ1) is 9.52. The number of hydrogen-bond donors (Lipinski definition) is 1. The maximum Gasteiger partial charge on any atom is 0.0588 e. The zero-order valence-electron chi connectivity index (χ0n) is 11.4. The fourth-order valence-electron chi connectivity index (χ4n) is 2.14. The van der Waals surface area contributed by atoms with Gasteiger partial charge in [0, 0.05) is 14.5 Å². The number of aryl methyl sites for hydroxylation is 1. The Morgan fingerprint density at radius 3 is 2.55 bits per heavy atom. The molecule has 1 atom stereocenters. The summed E-state index contributed by atoms with van der Waals surface area (Å²) in [5, 5.41) is 4.99. The minimum atomic E-state index is 0.0613. The lowest BCUT2D eigenvalue weighted by molar-refractivity contribution is 0.628. The monoisotopic (exact) mass is 371 g/mol. The summed E-state index contributed by atoms with van der Waals surface area (Å²) in [7, 11) is 0. The summed E-state index contributed by atoms with van der Waals surface area (Å²) in [5.74, 6) is 0. The first-order valence-electron chi connectivity index (χ1n) is 6.47. The van der Waals surface area contributed by atoms with Crippen molar-refractivity contribution in [1.29, 1.82) is 0 Å². The standard InChI is InChI=1S/C16H16BrCl2N/c1-3-20-16(11-5-4-10(2)15(19)8-11)13-9-12(18)6-7-14(13)17/h4-9,16,20H,3H2,1-2H3. The predicted octanol–water partition coefficient (Wildman–Crippen LogP) is 5.76. The fourth-order valence-corrected chi connectivity index (χ4v) is 2.98. The number of benzene rings is 2. The van der Waals surface area contributed by atoms with Gasteiger partial charge in [-0.3, -0.25) is 0 Å². The quantitative estimate of drug-likeness (QED) is 0.718. The minimum Gasteiger partial charge on any atom is -0.306 e. The first-order valence-corrected chi connectivity index (χ1v) is 8.02. The van der Waals surface area contributed by atoms with Gasteiger partial charge in [-0.05, 0) is 54.4 Å². The summed E-state index contributed by atoms with van der Waals surface area (Å²) in [6.45, 7) is 4.94. The molecule has 0 aliphatic heterocycles. The van der Waals surface area contributed by atoms with E-state index in [9.17, 15) is 0 Å². The summed E-state index contributed by atoms with van der Waals surface area (Å²) in [6, 6.07) is 12.0. The molecule has 0 aliphatic rings. The molecule has 2 rings (SSSR count). The van der Waals surface area contributed by atoms with Crippen molar-refractivity contribution >= 4 is 39.1 Å². The molecule has 0 aromatic heterocycles. The molecule has 1 N–H and O–H groups in total. The topological polar surface area (TPSA) is 12.0 Å². The number of nitrogens with one attached hydrogen (secondary N) is 1. The smallest absolute Gasteiger partial charge is 0.0588 e. The zero-order valence-corrected chi connectivity index (χ0v) is 14.5. The van der Waals surface area contributed by atoms with Gasteiger partial charge in [0.05, 0.1) is 6.04 Å². The van der Waals surface area contributed by atoms with Gasteiger partial charge in [-0.15, -0.1) is 0 Å². The first kappa shape index (κ1) is 15.8. The summed E-state index contributed by atoms with van der Waals surface area (Å²) in [6.07, 6.45) is 0. The van der Waals surface area contributed by atoms with E-state index in [-0.39, 0.29) is 6.04 Å². The van der Waals surface area contributed by atoms with Crippen molar-refractivity contribution in [3.63, 3.8) is 0 Å². The van der Waals surface area contributed by atoms with Gasteiger partial charge in [0.15, 0.2) is 0 Å². The Morgan fingerprint density at radius 1 is 1.15 bits per heavy atom. The highest BCUT2D eigenvalue weighted by molar-refractivity contribution is 9.10. The van der Waals surface area contributed by atoms with Crippen molar-refractivity contribution < 1.29 is 0 Å². The molecule has 0 aliphatic carbocycles. The molecule has 0 fully saturated rings. The Morgan fingerprint density at radius 2 is 1.90 bits per heavy atom. The second-order valence-electron chi connectivity index (χ2n) is 4.67. The van der Waals surface area contributed by atoms with E-state index in [0.29, 0.717) is 0 Å². The second kappa shape index (κ2) is 6.95. The molecule has 106 valence electrons. The molecular weight excluding hydrogens is 357 g/mol. The van der Waals surface area contributed by atoms with E-state index in [2.05, 4.69) is 34.2 Å². The highest BCUT2D eigenvalue weighted by atomic mass is 79.9. The Labute approximate surface area is 138 Å². The number of halogens is 3. The van der Waals surface area contributed by atoms with Gasteiger partial charge in [0.2, 0.25) is 0 Å². The average Bonchev–Trinajstić information content (AvgIpc) is 2.42. The lowest BCUT2D eigenvalue weighted by Crippen LogP contribution is -2.22. The molecule has 0 saturated heterocycles. The van der Waals surface area contributed by atoms with Crippen molar-refractivity contribution in [2.75, 3.05) is 6.54 Å². The Bertz CT molecular complexity index is 613. The fraction of sp³-hybridized carbons (Fsp3) is 0.250. The van der Waals surface area contributed by atoms with E-state index in [0.717, 1.165) is 37.8 Å². The highest BCUT2D eigenvalue weighted by Crippen LogP contribution is 2.32. The van der Waals surface area contributed by atoms with Crippen LogP contribution in [0, 0.1) is 6.92 Å². The Hall–Kier alpha value is -0.540. The molecule has 2 aromatic carbocycles. The van der Waals surface area contributed by atoms with Crippen LogP contribution in [0.25, 0.3) is 0 Å².